The maximum Gasteiger partial charge on any atom is 0.254 e. The number of carbonyl (C=O) groups excluding carboxylic acids is 1. The molecule has 0 aliphatic heterocycles. The molecule has 1 unspecified atom stereocenters. The molecule has 0 spiro atoms. The Hall–Kier alpha value is -1.95. The smallest absolute Gasteiger partial charge is 0.254 e. The molecule has 0 radical (unpaired) electrons. The van der Waals surface area contributed by atoms with Gasteiger partial charge in [0, 0.05) is 19.4 Å². The van der Waals surface area contributed by atoms with Crippen molar-refractivity contribution < 1.29 is 4.79 Å². The molecule has 0 saturated heterocycles. The minimum absolute atomic E-state index is 0.263. The van der Waals surface area contributed by atoms with Crippen molar-refractivity contribution in [1.29, 1.82) is 0 Å². The van der Waals surface area contributed by atoms with Gasteiger partial charge in [-0.3, -0.25) is 9.78 Å². The molecule has 7 heteroatoms. The fourth-order valence-corrected chi connectivity index (χ4v) is 1.76. The van der Waals surface area contributed by atoms with Crippen molar-refractivity contribution in [2.75, 3.05) is 0 Å². The summed E-state index contributed by atoms with van der Waals surface area (Å²) in [7, 11) is 1.81. The van der Waals surface area contributed by atoms with Crippen LogP contribution in [0.3, 0.4) is 0 Å². The van der Waals surface area contributed by atoms with Crippen molar-refractivity contribution in [3.63, 3.8) is 0 Å². The summed E-state index contributed by atoms with van der Waals surface area (Å²) in [4.78, 5) is 15.9. The second kappa shape index (κ2) is 5.14. The number of amides is 1. The van der Waals surface area contributed by atoms with Crippen LogP contribution in [0.2, 0.25) is 5.02 Å². The molecule has 1 amide bonds. The van der Waals surface area contributed by atoms with Gasteiger partial charge in [0.2, 0.25) is 0 Å². The summed E-state index contributed by atoms with van der Waals surface area (Å²) in [5.41, 5.74) is 0.341. The van der Waals surface area contributed by atoms with Crippen molar-refractivity contribution >= 4 is 17.5 Å². The summed E-state index contributed by atoms with van der Waals surface area (Å²) in [5.74, 6) is 0.381. The van der Waals surface area contributed by atoms with Crippen molar-refractivity contribution in [3.8, 4) is 0 Å². The Kier molecular flexibility index (Phi) is 3.57. The molecule has 1 N–H and O–H groups in total. The highest BCUT2D eigenvalue weighted by Crippen LogP contribution is 2.15. The zero-order valence-electron chi connectivity index (χ0n) is 9.96. The number of halogens is 1. The van der Waals surface area contributed by atoms with Crippen LogP contribution in [0.4, 0.5) is 0 Å². The van der Waals surface area contributed by atoms with Crippen molar-refractivity contribution in [3.05, 3.63) is 41.2 Å². The number of aryl methyl sites for hydroxylation is 1. The predicted octanol–water partition coefficient (Wildman–Crippen LogP) is 1.35. The van der Waals surface area contributed by atoms with E-state index in [1.54, 1.807) is 17.0 Å². The van der Waals surface area contributed by atoms with E-state index >= 15 is 0 Å². The minimum atomic E-state index is -0.288. The second-order valence-electron chi connectivity index (χ2n) is 3.85. The van der Waals surface area contributed by atoms with E-state index in [0.29, 0.717) is 16.4 Å². The van der Waals surface area contributed by atoms with E-state index in [1.807, 2.05) is 14.0 Å². The molecule has 2 rings (SSSR count). The Balaban J connectivity index is 2.13. The van der Waals surface area contributed by atoms with Gasteiger partial charge in [-0.2, -0.15) is 0 Å². The number of hydrogen-bond acceptors (Lipinski definition) is 4. The average molecular weight is 266 g/mol. The predicted molar refractivity (Wildman–Crippen MR) is 66.1 cm³/mol. The Morgan fingerprint density at radius 1 is 1.56 bits per heavy atom. The molecule has 2 aromatic rings. The Labute approximate surface area is 109 Å². The lowest BCUT2D eigenvalue weighted by molar-refractivity contribution is 0.0937. The van der Waals surface area contributed by atoms with E-state index in [1.165, 1.54) is 12.4 Å². The molecule has 0 saturated carbocycles. The minimum Gasteiger partial charge on any atom is -0.342 e. The lowest BCUT2D eigenvalue weighted by atomic mass is 10.2. The van der Waals surface area contributed by atoms with Crippen LogP contribution in [-0.4, -0.2) is 25.7 Å². The number of hydrogen-bond donors (Lipinski definition) is 1. The highest BCUT2D eigenvalue weighted by molar-refractivity contribution is 6.33. The van der Waals surface area contributed by atoms with E-state index in [0.717, 1.165) is 0 Å². The third-order valence-electron chi connectivity index (χ3n) is 2.49. The normalized spacial score (nSPS) is 12.2. The Bertz CT molecular complexity index is 568. The largest absolute Gasteiger partial charge is 0.342 e. The summed E-state index contributed by atoms with van der Waals surface area (Å²) in [5, 5.41) is 10.9. The van der Waals surface area contributed by atoms with Crippen LogP contribution in [0.5, 0.6) is 0 Å². The number of aromatic nitrogens is 4. The third-order valence-corrected chi connectivity index (χ3v) is 2.82. The van der Waals surface area contributed by atoms with Crippen LogP contribution in [-0.2, 0) is 7.05 Å². The van der Waals surface area contributed by atoms with Crippen molar-refractivity contribution in [2.24, 2.45) is 7.05 Å². The van der Waals surface area contributed by atoms with E-state index < -0.39 is 0 Å². The number of nitrogens with zero attached hydrogens (tertiary/aromatic N) is 4. The van der Waals surface area contributed by atoms with Crippen LogP contribution in [0.1, 0.15) is 29.1 Å². The molecule has 0 bridgehead atoms. The zero-order chi connectivity index (χ0) is 13.1. The van der Waals surface area contributed by atoms with Crippen molar-refractivity contribution in [2.45, 2.75) is 13.0 Å². The van der Waals surface area contributed by atoms with Gasteiger partial charge in [-0.25, -0.2) is 0 Å². The first kappa shape index (κ1) is 12.5. The second-order valence-corrected chi connectivity index (χ2v) is 4.26. The summed E-state index contributed by atoms with van der Waals surface area (Å²) in [6, 6.07) is 1.31. The highest BCUT2D eigenvalue weighted by Gasteiger charge is 2.17. The molecule has 0 fully saturated rings. The number of pyridine rings is 1. The lowest BCUT2D eigenvalue weighted by Gasteiger charge is -2.13. The summed E-state index contributed by atoms with van der Waals surface area (Å²) in [6.07, 6.45) is 4.54. The average Bonchev–Trinajstić information content (AvgIpc) is 2.76. The summed E-state index contributed by atoms with van der Waals surface area (Å²) in [6.45, 7) is 1.83. The molecule has 94 valence electrons. The van der Waals surface area contributed by atoms with Gasteiger partial charge in [0.25, 0.3) is 5.91 Å². The van der Waals surface area contributed by atoms with E-state index in [9.17, 15) is 4.79 Å². The number of nitrogens with one attached hydrogen (secondary N) is 1. The molecule has 0 aromatic carbocycles. The molecule has 2 aromatic heterocycles. The lowest BCUT2D eigenvalue weighted by Crippen LogP contribution is -2.28. The van der Waals surface area contributed by atoms with Gasteiger partial charge in [0.1, 0.15) is 6.33 Å². The van der Waals surface area contributed by atoms with Crippen molar-refractivity contribution in [1.82, 2.24) is 25.1 Å². The van der Waals surface area contributed by atoms with Gasteiger partial charge in [-0.15, -0.1) is 10.2 Å². The number of carbonyl (C=O) groups is 1. The van der Waals surface area contributed by atoms with Crippen LogP contribution in [0.25, 0.3) is 0 Å². The molecule has 0 aliphatic carbocycles. The first-order valence-corrected chi connectivity index (χ1v) is 5.71. The first-order chi connectivity index (χ1) is 8.59. The standard InChI is InChI=1S/C11H12ClN5O/c1-7(10-16-14-6-17(10)2)15-11(18)8-5-13-4-3-9(8)12/h3-7H,1-2H3,(H,15,18). The maximum absolute atomic E-state index is 12.0. The molecule has 18 heavy (non-hydrogen) atoms. The van der Waals surface area contributed by atoms with Crippen LogP contribution in [0.15, 0.2) is 24.8 Å². The Morgan fingerprint density at radius 2 is 2.33 bits per heavy atom. The van der Waals surface area contributed by atoms with Crippen LogP contribution in [0, 0.1) is 0 Å². The maximum atomic E-state index is 12.0. The zero-order valence-corrected chi connectivity index (χ0v) is 10.7. The number of rotatable bonds is 3. The Morgan fingerprint density at radius 3 is 2.94 bits per heavy atom. The van der Waals surface area contributed by atoms with Gasteiger partial charge in [-0.05, 0) is 13.0 Å². The van der Waals surface area contributed by atoms with E-state index in [4.69, 9.17) is 11.6 Å². The molecule has 2 heterocycles. The monoisotopic (exact) mass is 265 g/mol. The third kappa shape index (κ3) is 2.48. The summed E-state index contributed by atoms with van der Waals surface area (Å²) >= 11 is 5.92. The van der Waals surface area contributed by atoms with Crippen LogP contribution >= 0.6 is 11.6 Å². The quantitative estimate of drug-likeness (QED) is 0.909. The highest BCUT2D eigenvalue weighted by atomic mass is 35.5. The fraction of sp³-hybridized carbons (Fsp3) is 0.273. The molecular formula is C11H12ClN5O. The fourth-order valence-electron chi connectivity index (χ4n) is 1.57. The van der Waals surface area contributed by atoms with Gasteiger partial charge in [0.05, 0.1) is 16.6 Å². The molecule has 6 nitrogen and oxygen atoms in total. The van der Waals surface area contributed by atoms with E-state index in [2.05, 4.69) is 20.5 Å². The van der Waals surface area contributed by atoms with Crippen LogP contribution < -0.4 is 5.32 Å². The molecule has 1 atom stereocenters. The first-order valence-electron chi connectivity index (χ1n) is 5.34. The van der Waals surface area contributed by atoms with Gasteiger partial charge >= 0.3 is 0 Å². The topological polar surface area (TPSA) is 72.7 Å². The summed E-state index contributed by atoms with van der Waals surface area (Å²) < 4.78 is 1.75. The van der Waals surface area contributed by atoms with Gasteiger partial charge < -0.3 is 9.88 Å². The SMILES string of the molecule is CC(NC(=O)c1cnccc1Cl)c1nncn1C. The van der Waals surface area contributed by atoms with Gasteiger partial charge in [-0.1, -0.05) is 11.6 Å². The van der Waals surface area contributed by atoms with E-state index in [-0.39, 0.29) is 11.9 Å². The molecule has 0 aliphatic rings. The van der Waals surface area contributed by atoms with Gasteiger partial charge in [0.15, 0.2) is 5.82 Å². The molecular weight excluding hydrogens is 254 g/mol.